The van der Waals surface area contributed by atoms with Crippen LogP contribution in [0.15, 0.2) is 18.2 Å². The predicted octanol–water partition coefficient (Wildman–Crippen LogP) is 1.15. The van der Waals surface area contributed by atoms with E-state index < -0.39 is 0 Å². The molecule has 2 aliphatic heterocycles. The molecule has 9 nitrogen and oxygen atoms in total. The maximum absolute atomic E-state index is 12.5. The first kappa shape index (κ1) is 18.7. The summed E-state index contributed by atoms with van der Waals surface area (Å²) in [7, 11) is 0. The molecular formula is C19H26N6O3. The Balaban J connectivity index is 1.29. The molecule has 4 rings (SSSR count). The van der Waals surface area contributed by atoms with Gasteiger partial charge in [-0.15, -0.1) is 5.10 Å². The largest absolute Gasteiger partial charge is 0.376 e. The van der Waals surface area contributed by atoms with E-state index in [9.17, 15) is 9.59 Å². The van der Waals surface area contributed by atoms with Crippen molar-refractivity contribution in [3.05, 3.63) is 23.8 Å². The second-order valence-corrected chi connectivity index (χ2v) is 7.29. The van der Waals surface area contributed by atoms with Crippen molar-refractivity contribution in [3.8, 4) is 0 Å². The van der Waals surface area contributed by atoms with Gasteiger partial charge in [0, 0.05) is 38.3 Å². The third-order valence-electron chi connectivity index (χ3n) is 5.28. The van der Waals surface area contributed by atoms with Crippen LogP contribution in [0.5, 0.6) is 0 Å². The molecule has 1 unspecified atom stereocenters. The van der Waals surface area contributed by atoms with Crippen LogP contribution in [0.25, 0.3) is 11.0 Å². The van der Waals surface area contributed by atoms with Crippen molar-refractivity contribution < 1.29 is 14.3 Å². The molecule has 0 bridgehead atoms. The van der Waals surface area contributed by atoms with Gasteiger partial charge in [0.2, 0.25) is 0 Å². The average molecular weight is 386 g/mol. The van der Waals surface area contributed by atoms with Gasteiger partial charge in [-0.1, -0.05) is 5.21 Å². The lowest BCUT2D eigenvalue weighted by molar-refractivity contribution is 0.0793. The van der Waals surface area contributed by atoms with Crippen molar-refractivity contribution in [1.29, 1.82) is 0 Å². The number of carbonyl (C=O) groups excluding carboxylic acids is 2. The summed E-state index contributed by atoms with van der Waals surface area (Å²) in [5.74, 6) is 0.0542. The molecule has 9 heteroatoms. The maximum atomic E-state index is 12.5. The number of nitrogens with one attached hydrogen (secondary N) is 2. The number of benzene rings is 1. The Labute approximate surface area is 163 Å². The van der Waals surface area contributed by atoms with Crippen molar-refractivity contribution in [3.63, 3.8) is 0 Å². The quantitative estimate of drug-likeness (QED) is 0.775. The minimum Gasteiger partial charge on any atom is -0.376 e. The van der Waals surface area contributed by atoms with E-state index in [2.05, 4.69) is 20.9 Å². The number of hydrogen-bond donors (Lipinski definition) is 2. The van der Waals surface area contributed by atoms with Gasteiger partial charge in [-0.25, -0.2) is 9.48 Å². The zero-order valence-corrected chi connectivity index (χ0v) is 15.9. The monoisotopic (exact) mass is 386 g/mol. The topological polar surface area (TPSA) is 101 Å². The first-order valence-corrected chi connectivity index (χ1v) is 9.96. The highest BCUT2D eigenvalue weighted by atomic mass is 16.5. The number of aromatic nitrogens is 3. The lowest BCUT2D eigenvalue weighted by atomic mass is 10.1. The molecule has 0 radical (unpaired) electrons. The van der Waals surface area contributed by atoms with Crippen LogP contribution in [0.4, 0.5) is 4.79 Å². The molecule has 2 aliphatic rings. The third kappa shape index (κ3) is 4.24. The summed E-state index contributed by atoms with van der Waals surface area (Å²) in [5.41, 5.74) is 2.18. The van der Waals surface area contributed by atoms with E-state index >= 15 is 0 Å². The summed E-state index contributed by atoms with van der Waals surface area (Å²) in [4.78, 5) is 26.3. The van der Waals surface area contributed by atoms with Gasteiger partial charge >= 0.3 is 6.03 Å². The fourth-order valence-corrected chi connectivity index (χ4v) is 3.72. The first-order valence-electron chi connectivity index (χ1n) is 9.96. The summed E-state index contributed by atoms with van der Waals surface area (Å²) in [6.07, 6.45) is 4.31. The van der Waals surface area contributed by atoms with Crippen LogP contribution < -0.4 is 10.6 Å². The fraction of sp³-hybridized carbons (Fsp3) is 0.579. The molecule has 0 aliphatic carbocycles. The van der Waals surface area contributed by atoms with E-state index in [1.54, 1.807) is 10.7 Å². The number of urea groups is 1. The van der Waals surface area contributed by atoms with E-state index in [1.165, 1.54) is 0 Å². The molecule has 3 heterocycles. The van der Waals surface area contributed by atoms with Crippen molar-refractivity contribution in [2.45, 2.75) is 38.3 Å². The molecule has 1 atom stereocenters. The maximum Gasteiger partial charge on any atom is 0.314 e. The molecule has 0 spiro atoms. The van der Waals surface area contributed by atoms with Gasteiger partial charge in [0.05, 0.1) is 18.2 Å². The second-order valence-electron chi connectivity index (χ2n) is 7.29. The van der Waals surface area contributed by atoms with E-state index in [1.807, 2.05) is 17.0 Å². The lowest BCUT2D eigenvalue weighted by Gasteiger charge is -2.15. The lowest BCUT2D eigenvalue weighted by Crippen LogP contribution is -2.40. The number of hydrogen-bond acceptors (Lipinski definition) is 5. The smallest absolute Gasteiger partial charge is 0.314 e. The highest BCUT2D eigenvalue weighted by Crippen LogP contribution is 2.17. The summed E-state index contributed by atoms with van der Waals surface area (Å²) in [6, 6.07) is 5.28. The van der Waals surface area contributed by atoms with Gasteiger partial charge in [0.25, 0.3) is 5.91 Å². The molecule has 150 valence electrons. The number of carbonyl (C=O) groups is 2. The highest BCUT2D eigenvalue weighted by Gasteiger charge is 2.20. The molecule has 1 aromatic carbocycles. The number of rotatable bonds is 6. The van der Waals surface area contributed by atoms with Crippen LogP contribution >= 0.6 is 0 Å². The van der Waals surface area contributed by atoms with E-state index in [0.29, 0.717) is 30.7 Å². The Bertz CT molecular complexity index is 839. The normalized spacial score (nSPS) is 19.3. The van der Waals surface area contributed by atoms with Crippen LogP contribution in [0.1, 0.15) is 36.0 Å². The minimum atomic E-state index is -0.210. The summed E-state index contributed by atoms with van der Waals surface area (Å²) >= 11 is 0. The number of likely N-dealkylation sites (tertiary alicyclic amines) is 1. The number of fused-ring (bicyclic) bond motifs is 1. The minimum absolute atomic E-state index is 0.0542. The SMILES string of the molecule is O=C(NCCn1nnc2cc(C(=O)N3CCCC3)ccc21)NCC1CCCO1. The van der Waals surface area contributed by atoms with Gasteiger partial charge in [0.1, 0.15) is 5.52 Å². The van der Waals surface area contributed by atoms with E-state index in [0.717, 1.165) is 50.9 Å². The Hall–Kier alpha value is -2.68. The van der Waals surface area contributed by atoms with Gasteiger partial charge in [0.15, 0.2) is 0 Å². The van der Waals surface area contributed by atoms with Crippen LogP contribution in [0.2, 0.25) is 0 Å². The summed E-state index contributed by atoms with van der Waals surface area (Å²) < 4.78 is 7.22. The second kappa shape index (κ2) is 8.55. The number of nitrogens with zero attached hydrogens (tertiary/aromatic N) is 4. The van der Waals surface area contributed by atoms with Crippen molar-refractivity contribution in [1.82, 2.24) is 30.5 Å². The molecule has 3 amide bonds. The molecule has 28 heavy (non-hydrogen) atoms. The predicted molar refractivity (Wildman–Crippen MR) is 103 cm³/mol. The summed E-state index contributed by atoms with van der Waals surface area (Å²) in [6.45, 7) is 3.90. The van der Waals surface area contributed by atoms with Crippen LogP contribution in [-0.2, 0) is 11.3 Å². The van der Waals surface area contributed by atoms with Gasteiger partial charge in [-0.2, -0.15) is 0 Å². The molecule has 1 aromatic heterocycles. The Morgan fingerprint density at radius 1 is 1.18 bits per heavy atom. The molecule has 2 N–H and O–H groups in total. The Morgan fingerprint density at radius 2 is 2.04 bits per heavy atom. The molecule has 2 aromatic rings. The van der Waals surface area contributed by atoms with Crippen molar-refractivity contribution in [2.75, 3.05) is 32.8 Å². The van der Waals surface area contributed by atoms with Crippen molar-refractivity contribution in [2.24, 2.45) is 0 Å². The molecule has 2 fully saturated rings. The molecular weight excluding hydrogens is 360 g/mol. The van der Waals surface area contributed by atoms with Crippen molar-refractivity contribution >= 4 is 23.0 Å². The van der Waals surface area contributed by atoms with Crippen LogP contribution in [0, 0.1) is 0 Å². The Kier molecular flexibility index (Phi) is 5.70. The Morgan fingerprint density at radius 3 is 2.82 bits per heavy atom. The standard InChI is InChI=1S/C19H26N6O3/c26-18(24-8-1-2-9-24)14-5-6-17-16(12-14)22-23-25(17)10-7-20-19(27)21-13-15-4-3-11-28-15/h5-6,12,15H,1-4,7-11,13H2,(H2,20,21,27). The summed E-state index contributed by atoms with van der Waals surface area (Å²) in [5, 5.41) is 14.0. The van der Waals surface area contributed by atoms with Crippen LogP contribution in [0.3, 0.4) is 0 Å². The van der Waals surface area contributed by atoms with Crippen LogP contribution in [-0.4, -0.2) is 70.7 Å². The van der Waals surface area contributed by atoms with Gasteiger partial charge in [-0.3, -0.25) is 4.79 Å². The van der Waals surface area contributed by atoms with Gasteiger partial charge < -0.3 is 20.3 Å². The molecule has 2 saturated heterocycles. The zero-order chi connectivity index (χ0) is 19.3. The first-order chi connectivity index (χ1) is 13.7. The van der Waals surface area contributed by atoms with Gasteiger partial charge in [-0.05, 0) is 43.9 Å². The average Bonchev–Trinajstić information content (AvgIpc) is 3.47. The highest BCUT2D eigenvalue weighted by molar-refractivity contribution is 5.97. The molecule has 0 saturated carbocycles. The number of amides is 3. The third-order valence-corrected chi connectivity index (χ3v) is 5.28. The number of ether oxygens (including phenoxy) is 1. The fourth-order valence-electron chi connectivity index (χ4n) is 3.72. The zero-order valence-electron chi connectivity index (χ0n) is 15.9. The van der Waals surface area contributed by atoms with E-state index in [4.69, 9.17) is 4.74 Å². The van der Waals surface area contributed by atoms with E-state index in [-0.39, 0.29) is 18.0 Å².